The van der Waals surface area contributed by atoms with E-state index in [4.69, 9.17) is 11.6 Å². The second kappa shape index (κ2) is 6.11. The van der Waals surface area contributed by atoms with E-state index in [1.807, 2.05) is 0 Å². The van der Waals surface area contributed by atoms with E-state index < -0.39 is 24.1 Å². The zero-order chi connectivity index (χ0) is 16.4. The summed E-state index contributed by atoms with van der Waals surface area (Å²) in [4.78, 5) is 0. The third-order valence-corrected chi connectivity index (χ3v) is 5.73. The molecule has 0 aliphatic carbocycles. The second-order valence-corrected chi connectivity index (χ2v) is 8.74. The van der Waals surface area contributed by atoms with Crippen molar-refractivity contribution in [3.63, 3.8) is 0 Å². The number of hydrogen-bond donors (Lipinski definition) is 0. The van der Waals surface area contributed by atoms with Crippen LogP contribution < -0.4 is 8.37 Å². The van der Waals surface area contributed by atoms with Crippen LogP contribution in [0.4, 0.5) is 4.39 Å². The SMILES string of the molecule is O=S(=O)(Oc1ccc(F)cc1)S(=O)(=O)Oc1ccc(Cl)cc1. The van der Waals surface area contributed by atoms with Crippen LogP contribution in [0.25, 0.3) is 0 Å². The van der Waals surface area contributed by atoms with Gasteiger partial charge in [-0.25, -0.2) is 4.39 Å². The maximum atomic E-state index is 12.7. The highest BCUT2D eigenvalue weighted by Gasteiger charge is 2.35. The second-order valence-electron chi connectivity index (χ2n) is 3.89. The molecule has 0 fully saturated rings. The molecule has 2 aromatic carbocycles. The smallest absolute Gasteiger partial charge is 0.369 e. The van der Waals surface area contributed by atoms with Crippen molar-refractivity contribution in [1.29, 1.82) is 0 Å². The summed E-state index contributed by atoms with van der Waals surface area (Å²) in [5, 5.41) is 0.315. The quantitative estimate of drug-likeness (QED) is 0.756. The lowest BCUT2D eigenvalue weighted by molar-refractivity contribution is 0.464. The predicted octanol–water partition coefficient (Wildman–Crippen LogP) is 2.51. The first kappa shape index (κ1) is 16.5. The van der Waals surface area contributed by atoms with E-state index in [0.717, 1.165) is 24.3 Å². The molecule has 0 amide bonds. The molecule has 2 aromatic rings. The van der Waals surface area contributed by atoms with Crippen molar-refractivity contribution in [1.82, 2.24) is 0 Å². The van der Waals surface area contributed by atoms with Gasteiger partial charge in [-0.1, -0.05) is 11.6 Å². The lowest BCUT2D eigenvalue weighted by atomic mass is 10.3. The molecule has 0 spiro atoms. The first-order chi connectivity index (χ1) is 10.2. The topological polar surface area (TPSA) is 86.7 Å². The zero-order valence-corrected chi connectivity index (χ0v) is 13.0. The van der Waals surface area contributed by atoms with Crippen LogP contribution in [0.2, 0.25) is 5.02 Å². The van der Waals surface area contributed by atoms with Crippen molar-refractivity contribution in [3.05, 3.63) is 59.4 Å². The van der Waals surface area contributed by atoms with Crippen molar-refractivity contribution < 1.29 is 29.6 Å². The van der Waals surface area contributed by atoms with Crippen LogP contribution in [0.15, 0.2) is 48.5 Å². The van der Waals surface area contributed by atoms with E-state index in [9.17, 15) is 21.2 Å². The molecule has 6 nitrogen and oxygen atoms in total. The molecule has 0 radical (unpaired) electrons. The van der Waals surface area contributed by atoms with Gasteiger partial charge < -0.3 is 8.37 Å². The monoisotopic (exact) mass is 366 g/mol. The van der Waals surface area contributed by atoms with Gasteiger partial charge in [0.15, 0.2) is 0 Å². The molecular formula is C12H8ClFO6S2. The van der Waals surface area contributed by atoms with Crippen LogP contribution >= 0.6 is 11.6 Å². The summed E-state index contributed by atoms with van der Waals surface area (Å²) in [6.07, 6.45) is 0. The molecule has 22 heavy (non-hydrogen) atoms. The van der Waals surface area contributed by atoms with E-state index in [1.54, 1.807) is 0 Å². The highest BCUT2D eigenvalue weighted by Crippen LogP contribution is 2.21. The lowest BCUT2D eigenvalue weighted by Crippen LogP contribution is -2.25. The zero-order valence-electron chi connectivity index (χ0n) is 10.6. The Morgan fingerprint density at radius 3 is 1.50 bits per heavy atom. The Kier molecular flexibility index (Phi) is 4.59. The van der Waals surface area contributed by atoms with Crippen LogP contribution in [0.5, 0.6) is 11.5 Å². The molecule has 118 valence electrons. The van der Waals surface area contributed by atoms with Crippen molar-refractivity contribution in [2.24, 2.45) is 0 Å². The molecular weight excluding hydrogens is 359 g/mol. The van der Waals surface area contributed by atoms with Crippen molar-refractivity contribution in [2.45, 2.75) is 0 Å². The van der Waals surface area contributed by atoms with Gasteiger partial charge in [0.25, 0.3) is 0 Å². The molecule has 0 heterocycles. The van der Waals surface area contributed by atoms with Crippen LogP contribution in [0.1, 0.15) is 0 Å². The first-order valence-electron chi connectivity index (χ1n) is 5.60. The van der Waals surface area contributed by atoms with Crippen LogP contribution in [0.3, 0.4) is 0 Å². The molecule has 2 rings (SSSR count). The standard InChI is InChI=1S/C12H8ClFO6S2/c13-9-1-5-11(6-2-9)19-21(15,16)22(17,18)20-12-7-3-10(14)4-8-12/h1-8H. The highest BCUT2D eigenvalue weighted by molar-refractivity contribution is 8.63. The van der Waals surface area contributed by atoms with E-state index >= 15 is 0 Å². The Hall–Kier alpha value is -1.84. The molecule has 0 saturated carbocycles. The van der Waals surface area contributed by atoms with Crippen LogP contribution in [0, 0.1) is 5.82 Å². The van der Waals surface area contributed by atoms with Crippen LogP contribution in [-0.2, 0) is 18.3 Å². The van der Waals surface area contributed by atoms with Crippen LogP contribution in [-0.4, -0.2) is 16.8 Å². The maximum absolute atomic E-state index is 12.7. The Morgan fingerprint density at radius 1 is 0.727 bits per heavy atom. The fraction of sp³-hybridized carbons (Fsp3) is 0. The summed E-state index contributed by atoms with van der Waals surface area (Å²) in [5.41, 5.74) is 0. The summed E-state index contributed by atoms with van der Waals surface area (Å²) in [7, 11) is -10.3. The Balaban J connectivity index is 2.23. The summed E-state index contributed by atoms with van der Waals surface area (Å²) in [6, 6.07) is 8.74. The van der Waals surface area contributed by atoms with Gasteiger partial charge in [-0.15, -0.1) is 0 Å². The summed E-state index contributed by atoms with van der Waals surface area (Å²) in [5.74, 6) is -1.26. The normalized spacial score (nSPS) is 11.9. The van der Waals surface area contributed by atoms with E-state index in [2.05, 4.69) is 8.37 Å². The fourth-order valence-corrected chi connectivity index (χ4v) is 3.26. The first-order valence-corrected chi connectivity index (χ1v) is 9.31. The molecule has 0 bridgehead atoms. The lowest BCUT2D eigenvalue weighted by Gasteiger charge is -2.08. The molecule has 0 saturated heterocycles. The van der Waals surface area contributed by atoms with Gasteiger partial charge in [-0.3, -0.25) is 0 Å². The predicted molar refractivity (Wildman–Crippen MR) is 76.9 cm³/mol. The summed E-state index contributed by atoms with van der Waals surface area (Å²) >= 11 is 5.61. The molecule has 10 heteroatoms. The van der Waals surface area contributed by atoms with Gasteiger partial charge in [0.1, 0.15) is 17.3 Å². The van der Waals surface area contributed by atoms with Gasteiger partial charge in [0.05, 0.1) is 0 Å². The molecule has 0 unspecified atom stereocenters. The van der Waals surface area contributed by atoms with Gasteiger partial charge >= 0.3 is 18.3 Å². The molecule has 0 N–H and O–H groups in total. The van der Waals surface area contributed by atoms with E-state index in [-0.39, 0.29) is 11.5 Å². The van der Waals surface area contributed by atoms with Crippen molar-refractivity contribution >= 4 is 29.9 Å². The molecule has 0 aliphatic heterocycles. The van der Waals surface area contributed by atoms with E-state index in [0.29, 0.717) is 5.02 Å². The largest absolute Gasteiger partial charge is 0.454 e. The molecule has 0 aliphatic rings. The maximum Gasteiger partial charge on any atom is 0.454 e. The van der Waals surface area contributed by atoms with Gasteiger partial charge in [0, 0.05) is 5.02 Å². The fourth-order valence-electron chi connectivity index (χ4n) is 1.30. The Labute approximate surface area is 130 Å². The number of hydrogen-bond acceptors (Lipinski definition) is 6. The summed E-state index contributed by atoms with van der Waals surface area (Å²) < 4.78 is 68.5. The number of halogens is 2. The minimum absolute atomic E-state index is 0.254. The number of benzene rings is 2. The van der Waals surface area contributed by atoms with Gasteiger partial charge in [-0.05, 0) is 48.5 Å². The Bertz CT molecular complexity index is 785. The van der Waals surface area contributed by atoms with Crippen molar-refractivity contribution in [3.8, 4) is 11.5 Å². The third-order valence-electron chi connectivity index (χ3n) is 2.27. The summed E-state index contributed by atoms with van der Waals surface area (Å²) in [6.45, 7) is 0. The van der Waals surface area contributed by atoms with Gasteiger partial charge in [-0.2, -0.15) is 16.8 Å². The molecule has 0 atom stereocenters. The Morgan fingerprint density at radius 2 is 1.09 bits per heavy atom. The molecule has 0 aromatic heterocycles. The average molecular weight is 367 g/mol. The highest BCUT2D eigenvalue weighted by atomic mass is 35.5. The minimum Gasteiger partial charge on any atom is -0.369 e. The minimum atomic E-state index is -5.14. The number of rotatable bonds is 5. The van der Waals surface area contributed by atoms with Crippen molar-refractivity contribution in [2.75, 3.05) is 0 Å². The average Bonchev–Trinajstić information content (AvgIpc) is 2.43. The third kappa shape index (κ3) is 3.87. The van der Waals surface area contributed by atoms with E-state index in [1.165, 1.54) is 24.3 Å². The van der Waals surface area contributed by atoms with Gasteiger partial charge in [0.2, 0.25) is 0 Å².